The van der Waals surface area contributed by atoms with Crippen LogP contribution in [0.4, 0.5) is 0 Å². The van der Waals surface area contributed by atoms with Crippen molar-refractivity contribution < 1.29 is 9.90 Å². The summed E-state index contributed by atoms with van der Waals surface area (Å²) < 4.78 is 0. The third-order valence-electron chi connectivity index (χ3n) is 3.02. The van der Waals surface area contributed by atoms with Gasteiger partial charge in [0.25, 0.3) is 0 Å². The highest BCUT2D eigenvalue weighted by molar-refractivity contribution is 5.79. The molecule has 1 aliphatic rings. The van der Waals surface area contributed by atoms with Crippen molar-refractivity contribution in [3.63, 3.8) is 0 Å². The Kier molecular flexibility index (Phi) is 4.54. The van der Waals surface area contributed by atoms with Gasteiger partial charge in [-0.3, -0.25) is 4.79 Å². The lowest BCUT2D eigenvalue weighted by molar-refractivity contribution is -0.127. The summed E-state index contributed by atoms with van der Waals surface area (Å²) in [6.07, 6.45) is 0.252. The van der Waals surface area contributed by atoms with Gasteiger partial charge in [-0.15, -0.1) is 0 Å². The van der Waals surface area contributed by atoms with E-state index in [1.807, 2.05) is 13.8 Å². The number of aliphatic hydroxyl groups is 1. The summed E-state index contributed by atoms with van der Waals surface area (Å²) in [4.78, 5) is 11.7. The van der Waals surface area contributed by atoms with Crippen molar-refractivity contribution in [3.8, 4) is 0 Å². The maximum atomic E-state index is 11.7. The summed E-state index contributed by atoms with van der Waals surface area (Å²) in [5, 5.41) is 15.3. The van der Waals surface area contributed by atoms with E-state index in [0.29, 0.717) is 12.3 Å². The second-order valence-corrected chi connectivity index (χ2v) is 4.70. The van der Waals surface area contributed by atoms with Gasteiger partial charge in [-0.1, -0.05) is 6.92 Å². The molecule has 0 aromatic carbocycles. The highest BCUT2D eigenvalue weighted by atomic mass is 16.3. The van der Waals surface area contributed by atoms with Crippen molar-refractivity contribution in [2.45, 2.75) is 39.3 Å². The third kappa shape index (κ3) is 3.80. The molecule has 0 aromatic heterocycles. The van der Waals surface area contributed by atoms with Gasteiger partial charge in [-0.2, -0.15) is 0 Å². The molecule has 0 bridgehead atoms. The molecule has 15 heavy (non-hydrogen) atoms. The first-order valence-corrected chi connectivity index (χ1v) is 5.70. The number of amides is 1. The number of hydrogen-bond acceptors (Lipinski definition) is 3. The van der Waals surface area contributed by atoms with E-state index in [2.05, 4.69) is 10.6 Å². The van der Waals surface area contributed by atoms with Crippen molar-refractivity contribution in [1.82, 2.24) is 10.6 Å². The van der Waals surface area contributed by atoms with Crippen molar-refractivity contribution in [1.29, 1.82) is 0 Å². The van der Waals surface area contributed by atoms with Gasteiger partial charge in [-0.25, -0.2) is 0 Å². The highest BCUT2D eigenvalue weighted by Crippen LogP contribution is 2.16. The molecule has 0 aromatic rings. The molecule has 1 aliphatic heterocycles. The van der Waals surface area contributed by atoms with Crippen LogP contribution in [0.1, 0.15) is 27.2 Å². The van der Waals surface area contributed by atoms with Gasteiger partial charge in [0.05, 0.1) is 6.10 Å². The quantitative estimate of drug-likeness (QED) is 0.609. The zero-order valence-electron chi connectivity index (χ0n) is 9.79. The van der Waals surface area contributed by atoms with Crippen LogP contribution in [-0.4, -0.2) is 36.2 Å². The van der Waals surface area contributed by atoms with Gasteiger partial charge < -0.3 is 15.7 Å². The largest absolute Gasteiger partial charge is 0.393 e. The number of aliphatic hydroxyl groups excluding tert-OH is 1. The molecule has 3 N–H and O–H groups in total. The molecule has 4 nitrogen and oxygen atoms in total. The summed E-state index contributed by atoms with van der Waals surface area (Å²) in [6, 6.07) is 0.0491. The van der Waals surface area contributed by atoms with E-state index in [1.54, 1.807) is 6.92 Å². The normalized spacial score (nSPS) is 22.7. The number of nitrogens with one attached hydrogen (secondary N) is 2. The van der Waals surface area contributed by atoms with Crippen LogP contribution in [0.15, 0.2) is 0 Å². The molecule has 1 fully saturated rings. The summed E-state index contributed by atoms with van der Waals surface area (Å²) in [5.41, 5.74) is 0. The third-order valence-corrected chi connectivity index (χ3v) is 3.02. The Hall–Kier alpha value is -0.610. The monoisotopic (exact) mass is 214 g/mol. The molecule has 1 saturated heterocycles. The van der Waals surface area contributed by atoms with E-state index in [4.69, 9.17) is 0 Å². The van der Waals surface area contributed by atoms with Crippen LogP contribution < -0.4 is 10.6 Å². The Morgan fingerprint density at radius 1 is 1.47 bits per heavy atom. The molecule has 88 valence electrons. The highest BCUT2D eigenvalue weighted by Gasteiger charge is 2.29. The van der Waals surface area contributed by atoms with E-state index in [-0.39, 0.29) is 24.0 Å². The lowest BCUT2D eigenvalue weighted by Crippen LogP contribution is -2.50. The van der Waals surface area contributed by atoms with Crippen LogP contribution >= 0.6 is 0 Å². The zero-order valence-corrected chi connectivity index (χ0v) is 9.79. The Morgan fingerprint density at radius 3 is 2.47 bits per heavy atom. The fraction of sp³-hybridized carbons (Fsp3) is 0.909. The lowest BCUT2D eigenvalue weighted by atomic mass is 9.88. The summed E-state index contributed by atoms with van der Waals surface area (Å²) >= 11 is 0. The predicted octanol–water partition coefficient (Wildman–Crippen LogP) is 0.118. The molecule has 0 aliphatic carbocycles. The Bertz CT molecular complexity index is 215. The van der Waals surface area contributed by atoms with Gasteiger partial charge in [0.2, 0.25) is 5.91 Å². The van der Waals surface area contributed by atoms with E-state index < -0.39 is 0 Å². The molecule has 1 amide bonds. The average Bonchev–Trinajstić information content (AvgIpc) is 1.98. The maximum absolute atomic E-state index is 11.7. The molecule has 0 saturated carbocycles. The van der Waals surface area contributed by atoms with Crippen molar-refractivity contribution in [3.05, 3.63) is 0 Å². The minimum atomic E-state index is -0.360. The van der Waals surface area contributed by atoms with Crippen molar-refractivity contribution in [2.24, 2.45) is 11.8 Å². The molecular weight excluding hydrogens is 192 g/mol. The number of carbonyl (C=O) groups is 1. The second kappa shape index (κ2) is 5.47. The predicted molar refractivity (Wildman–Crippen MR) is 59.4 cm³/mol. The first-order chi connectivity index (χ1) is 7.00. The van der Waals surface area contributed by atoms with E-state index in [1.165, 1.54) is 0 Å². The molecule has 0 radical (unpaired) electrons. The van der Waals surface area contributed by atoms with Crippen LogP contribution in [0.5, 0.6) is 0 Å². The summed E-state index contributed by atoms with van der Waals surface area (Å²) in [5.74, 6) is 0.654. The Labute approximate surface area is 91.4 Å². The van der Waals surface area contributed by atoms with Crippen molar-refractivity contribution in [2.75, 3.05) is 13.1 Å². The molecular formula is C11H22N2O2. The van der Waals surface area contributed by atoms with E-state index >= 15 is 0 Å². The van der Waals surface area contributed by atoms with Crippen LogP contribution in [-0.2, 0) is 4.79 Å². The number of hydrogen-bond donors (Lipinski definition) is 3. The number of carbonyl (C=O) groups excluding carboxylic acids is 1. The van der Waals surface area contributed by atoms with Crippen LogP contribution in [0.3, 0.4) is 0 Å². The minimum absolute atomic E-state index is 0.0491. The standard InChI is InChI=1S/C11H22N2O2/c1-7(4-8(2)14)13-11(15)9(3)10-5-12-6-10/h7-10,12,14H,4-6H2,1-3H3,(H,13,15). The lowest BCUT2D eigenvalue weighted by Gasteiger charge is -2.32. The van der Waals surface area contributed by atoms with Crippen LogP contribution in [0.2, 0.25) is 0 Å². The first-order valence-electron chi connectivity index (χ1n) is 5.70. The number of rotatable bonds is 5. The molecule has 1 heterocycles. The van der Waals surface area contributed by atoms with Gasteiger partial charge >= 0.3 is 0 Å². The molecule has 3 unspecified atom stereocenters. The smallest absolute Gasteiger partial charge is 0.223 e. The zero-order chi connectivity index (χ0) is 11.4. The van der Waals surface area contributed by atoms with Crippen LogP contribution in [0, 0.1) is 11.8 Å². The van der Waals surface area contributed by atoms with Gasteiger partial charge in [0, 0.05) is 12.0 Å². The molecule has 3 atom stereocenters. The van der Waals surface area contributed by atoms with Gasteiger partial charge in [0.15, 0.2) is 0 Å². The first kappa shape index (κ1) is 12.5. The van der Waals surface area contributed by atoms with Crippen LogP contribution in [0.25, 0.3) is 0 Å². The fourth-order valence-corrected chi connectivity index (χ4v) is 1.82. The second-order valence-electron chi connectivity index (χ2n) is 4.70. The Balaban J connectivity index is 2.27. The SMILES string of the molecule is CC(O)CC(C)NC(=O)C(C)C1CNC1. The minimum Gasteiger partial charge on any atom is -0.393 e. The Morgan fingerprint density at radius 2 is 2.07 bits per heavy atom. The van der Waals surface area contributed by atoms with E-state index in [9.17, 15) is 9.90 Å². The molecule has 0 spiro atoms. The summed E-state index contributed by atoms with van der Waals surface area (Å²) in [6.45, 7) is 7.52. The van der Waals surface area contributed by atoms with E-state index in [0.717, 1.165) is 13.1 Å². The van der Waals surface area contributed by atoms with Crippen molar-refractivity contribution >= 4 is 5.91 Å². The van der Waals surface area contributed by atoms with Gasteiger partial charge in [0.1, 0.15) is 0 Å². The summed E-state index contributed by atoms with van der Waals surface area (Å²) in [7, 11) is 0. The maximum Gasteiger partial charge on any atom is 0.223 e. The topological polar surface area (TPSA) is 61.4 Å². The van der Waals surface area contributed by atoms with Gasteiger partial charge in [-0.05, 0) is 39.3 Å². The molecule has 1 rings (SSSR count). The molecule has 4 heteroatoms. The average molecular weight is 214 g/mol. The fourth-order valence-electron chi connectivity index (χ4n) is 1.82.